The number of halogens is 1. The van der Waals surface area contributed by atoms with Crippen molar-refractivity contribution in [1.29, 1.82) is 0 Å². The summed E-state index contributed by atoms with van der Waals surface area (Å²) in [5, 5.41) is 6.88. The molecule has 0 aliphatic carbocycles. The summed E-state index contributed by atoms with van der Waals surface area (Å²) in [7, 11) is 1.85. The van der Waals surface area contributed by atoms with Gasteiger partial charge in [-0.15, -0.1) is 35.3 Å². The van der Waals surface area contributed by atoms with Gasteiger partial charge in [-0.3, -0.25) is 4.99 Å². The summed E-state index contributed by atoms with van der Waals surface area (Å²) in [4.78, 5) is 14.0. The van der Waals surface area contributed by atoms with Gasteiger partial charge in [0, 0.05) is 58.2 Å². The first-order valence-electron chi connectivity index (χ1n) is 10.2. The standard InChI is InChI=1S/C19H31N5O2S.HI/c1-20-18(24-10-12-26-17(13-24)16-5-4-11-25-16)21-7-6-15-14-27-19(22-15)23-8-2-3-9-23;/h14,16-17H,2-13H2,1H3,(H,20,21);1H. The minimum absolute atomic E-state index is 0. The topological polar surface area (TPSA) is 62.2 Å². The van der Waals surface area contributed by atoms with Crippen LogP contribution in [0.15, 0.2) is 10.4 Å². The molecule has 0 bridgehead atoms. The van der Waals surface area contributed by atoms with Gasteiger partial charge >= 0.3 is 0 Å². The number of thiazole rings is 1. The molecule has 0 spiro atoms. The molecule has 0 amide bonds. The molecular formula is C19H32IN5O2S. The highest BCUT2D eigenvalue weighted by Gasteiger charge is 2.32. The van der Waals surface area contributed by atoms with Crippen molar-refractivity contribution in [2.45, 2.75) is 44.3 Å². The van der Waals surface area contributed by atoms with Crippen LogP contribution in [0.4, 0.5) is 5.13 Å². The van der Waals surface area contributed by atoms with Gasteiger partial charge < -0.3 is 24.6 Å². The van der Waals surface area contributed by atoms with Crippen LogP contribution in [-0.2, 0) is 15.9 Å². The zero-order valence-electron chi connectivity index (χ0n) is 16.6. The zero-order chi connectivity index (χ0) is 18.5. The lowest BCUT2D eigenvalue weighted by Crippen LogP contribution is -2.53. The summed E-state index contributed by atoms with van der Waals surface area (Å²) in [5.74, 6) is 0.955. The molecule has 3 aliphatic heterocycles. The van der Waals surface area contributed by atoms with Gasteiger partial charge in [-0.25, -0.2) is 4.98 Å². The Hall–Kier alpha value is -0.650. The second-order valence-electron chi connectivity index (χ2n) is 7.45. The molecule has 1 aromatic rings. The number of ether oxygens (including phenoxy) is 2. The number of hydrogen-bond acceptors (Lipinski definition) is 6. The van der Waals surface area contributed by atoms with Crippen molar-refractivity contribution in [2.75, 3.05) is 57.9 Å². The number of morpholine rings is 1. The zero-order valence-corrected chi connectivity index (χ0v) is 19.8. The highest BCUT2D eigenvalue weighted by molar-refractivity contribution is 14.0. The maximum Gasteiger partial charge on any atom is 0.193 e. The van der Waals surface area contributed by atoms with Crippen LogP contribution >= 0.6 is 35.3 Å². The van der Waals surface area contributed by atoms with Crippen LogP contribution in [0.3, 0.4) is 0 Å². The van der Waals surface area contributed by atoms with Gasteiger partial charge in [-0.1, -0.05) is 0 Å². The molecule has 2 unspecified atom stereocenters. The normalized spacial score (nSPS) is 25.8. The Bertz CT molecular complexity index is 632. The van der Waals surface area contributed by atoms with E-state index < -0.39 is 0 Å². The van der Waals surface area contributed by atoms with Crippen molar-refractivity contribution >= 4 is 46.4 Å². The van der Waals surface area contributed by atoms with Crippen molar-refractivity contribution in [3.05, 3.63) is 11.1 Å². The molecule has 3 saturated heterocycles. The van der Waals surface area contributed by atoms with E-state index in [2.05, 4.69) is 25.5 Å². The Balaban J connectivity index is 0.00000225. The number of aromatic nitrogens is 1. The van der Waals surface area contributed by atoms with Crippen LogP contribution in [0.1, 0.15) is 31.4 Å². The second-order valence-corrected chi connectivity index (χ2v) is 8.28. The molecule has 4 rings (SSSR count). The molecular weight excluding hydrogens is 489 g/mol. The van der Waals surface area contributed by atoms with E-state index in [1.807, 2.05) is 7.05 Å². The number of nitrogens with zero attached hydrogens (tertiary/aromatic N) is 4. The van der Waals surface area contributed by atoms with Crippen LogP contribution in [0, 0.1) is 0 Å². The summed E-state index contributed by atoms with van der Waals surface area (Å²) in [6, 6.07) is 0. The lowest BCUT2D eigenvalue weighted by Gasteiger charge is -2.37. The summed E-state index contributed by atoms with van der Waals surface area (Å²) in [6.07, 6.45) is 6.14. The van der Waals surface area contributed by atoms with E-state index >= 15 is 0 Å². The van der Waals surface area contributed by atoms with Crippen molar-refractivity contribution in [1.82, 2.24) is 15.2 Å². The minimum atomic E-state index is 0. The lowest BCUT2D eigenvalue weighted by molar-refractivity contribution is -0.0816. The average Bonchev–Trinajstić information content (AvgIpc) is 3.47. The molecule has 0 aromatic carbocycles. The number of hydrogen-bond donors (Lipinski definition) is 1. The fourth-order valence-corrected chi connectivity index (χ4v) is 5.00. The molecule has 4 heterocycles. The first-order valence-corrected chi connectivity index (χ1v) is 11.1. The van der Waals surface area contributed by atoms with E-state index in [1.165, 1.54) is 23.7 Å². The van der Waals surface area contributed by atoms with Gasteiger partial charge in [0.05, 0.1) is 18.4 Å². The molecule has 158 valence electrons. The quantitative estimate of drug-likeness (QED) is 0.365. The van der Waals surface area contributed by atoms with E-state index in [9.17, 15) is 0 Å². The second kappa shape index (κ2) is 10.9. The molecule has 3 fully saturated rings. The molecule has 3 aliphatic rings. The van der Waals surface area contributed by atoms with Crippen molar-refractivity contribution in [2.24, 2.45) is 4.99 Å². The fraction of sp³-hybridized carbons (Fsp3) is 0.789. The molecule has 7 nitrogen and oxygen atoms in total. The SMILES string of the molecule is CN=C(NCCc1csc(N2CCCC2)n1)N1CCOC(C2CCCO2)C1.I. The Morgan fingerprint density at radius 2 is 2.04 bits per heavy atom. The van der Waals surface area contributed by atoms with Gasteiger partial charge in [0.15, 0.2) is 11.1 Å². The summed E-state index contributed by atoms with van der Waals surface area (Å²) < 4.78 is 11.8. The van der Waals surface area contributed by atoms with Gasteiger partial charge in [-0.05, 0) is 25.7 Å². The summed E-state index contributed by atoms with van der Waals surface area (Å²) in [6.45, 7) is 6.47. The van der Waals surface area contributed by atoms with Crippen molar-refractivity contribution in [3.8, 4) is 0 Å². The molecule has 0 saturated carbocycles. The van der Waals surface area contributed by atoms with Crippen LogP contribution < -0.4 is 10.2 Å². The monoisotopic (exact) mass is 521 g/mol. The van der Waals surface area contributed by atoms with Crippen LogP contribution in [0.25, 0.3) is 0 Å². The molecule has 0 radical (unpaired) electrons. The van der Waals surface area contributed by atoms with Crippen molar-refractivity contribution in [3.63, 3.8) is 0 Å². The molecule has 9 heteroatoms. The largest absolute Gasteiger partial charge is 0.375 e. The number of rotatable bonds is 5. The first-order chi connectivity index (χ1) is 13.3. The van der Waals surface area contributed by atoms with Gasteiger partial charge in [0.2, 0.25) is 0 Å². The van der Waals surface area contributed by atoms with Crippen LogP contribution in [-0.4, -0.2) is 81.0 Å². The molecule has 2 atom stereocenters. The maximum absolute atomic E-state index is 5.95. The Labute approximate surface area is 188 Å². The molecule has 28 heavy (non-hydrogen) atoms. The minimum Gasteiger partial charge on any atom is -0.375 e. The first kappa shape index (κ1) is 22.0. The van der Waals surface area contributed by atoms with Crippen LogP contribution in [0.5, 0.6) is 0 Å². The highest BCUT2D eigenvalue weighted by atomic mass is 127. The molecule has 1 N–H and O–H groups in total. The predicted octanol–water partition coefficient (Wildman–Crippen LogP) is 2.36. The number of aliphatic imine (C=N–C) groups is 1. The van der Waals surface area contributed by atoms with Gasteiger partial charge in [0.25, 0.3) is 0 Å². The maximum atomic E-state index is 5.95. The number of anilines is 1. The summed E-state index contributed by atoms with van der Waals surface area (Å²) >= 11 is 1.77. The van der Waals surface area contributed by atoms with E-state index in [4.69, 9.17) is 14.5 Å². The van der Waals surface area contributed by atoms with E-state index in [0.29, 0.717) is 0 Å². The highest BCUT2D eigenvalue weighted by Crippen LogP contribution is 2.24. The smallest absolute Gasteiger partial charge is 0.193 e. The van der Waals surface area contributed by atoms with E-state index in [1.54, 1.807) is 11.3 Å². The van der Waals surface area contributed by atoms with Crippen molar-refractivity contribution < 1.29 is 9.47 Å². The van der Waals surface area contributed by atoms with Gasteiger partial charge in [-0.2, -0.15) is 0 Å². The third-order valence-corrected chi connectivity index (χ3v) is 6.52. The Morgan fingerprint density at radius 3 is 2.79 bits per heavy atom. The lowest BCUT2D eigenvalue weighted by atomic mass is 10.1. The third kappa shape index (κ3) is 5.48. The Kier molecular flexibility index (Phi) is 8.61. The third-order valence-electron chi connectivity index (χ3n) is 5.56. The number of nitrogens with one attached hydrogen (secondary N) is 1. The van der Waals surface area contributed by atoms with E-state index in [-0.39, 0.29) is 36.2 Å². The van der Waals surface area contributed by atoms with Crippen LogP contribution in [0.2, 0.25) is 0 Å². The Morgan fingerprint density at radius 1 is 1.21 bits per heavy atom. The van der Waals surface area contributed by atoms with Gasteiger partial charge in [0.1, 0.15) is 6.10 Å². The fourth-order valence-electron chi connectivity index (χ4n) is 4.09. The number of guanidine groups is 1. The summed E-state index contributed by atoms with van der Waals surface area (Å²) in [5.41, 5.74) is 1.17. The van der Waals surface area contributed by atoms with E-state index in [0.717, 1.165) is 71.2 Å². The molecule has 1 aromatic heterocycles. The average molecular weight is 521 g/mol. The predicted molar refractivity (Wildman–Crippen MR) is 124 cm³/mol.